The molecule has 1 aliphatic rings. The average molecular weight is 499 g/mol. The highest BCUT2D eigenvalue weighted by molar-refractivity contribution is 6.04. The Bertz CT molecular complexity index is 1350. The molecular formula is C30H34N4O3. The lowest BCUT2D eigenvalue weighted by Gasteiger charge is -2.30. The number of piperidine rings is 1. The van der Waals surface area contributed by atoms with Gasteiger partial charge in [0.2, 0.25) is 5.91 Å². The second kappa shape index (κ2) is 10.9. The molecule has 1 aliphatic heterocycles. The molecule has 192 valence electrons. The highest BCUT2D eigenvalue weighted by Gasteiger charge is 2.27. The minimum Gasteiger partial charge on any atom is -0.492 e. The molecule has 4 rings (SSSR count). The second-order valence-electron chi connectivity index (χ2n) is 10.6. The molecule has 0 unspecified atom stereocenters. The number of fused-ring (bicyclic) bond motifs is 1. The number of hydrogen-bond donors (Lipinski definition) is 1. The van der Waals surface area contributed by atoms with E-state index >= 15 is 0 Å². The van der Waals surface area contributed by atoms with E-state index in [0.717, 1.165) is 22.2 Å². The van der Waals surface area contributed by atoms with Crippen molar-refractivity contribution < 1.29 is 14.3 Å². The molecule has 1 fully saturated rings. The van der Waals surface area contributed by atoms with Crippen LogP contribution in [0.1, 0.15) is 44.7 Å². The van der Waals surface area contributed by atoms with Crippen LogP contribution in [0.3, 0.4) is 0 Å². The van der Waals surface area contributed by atoms with Gasteiger partial charge in [0.15, 0.2) is 0 Å². The Morgan fingerprint density at radius 1 is 1.11 bits per heavy atom. The minimum atomic E-state index is -0.332. The Morgan fingerprint density at radius 3 is 2.41 bits per heavy atom. The van der Waals surface area contributed by atoms with Gasteiger partial charge in [-0.05, 0) is 48.1 Å². The zero-order valence-electron chi connectivity index (χ0n) is 21.7. The maximum atomic E-state index is 13.1. The van der Waals surface area contributed by atoms with Crippen LogP contribution in [-0.4, -0.2) is 41.0 Å². The first kappa shape index (κ1) is 26.0. The fourth-order valence-corrected chi connectivity index (χ4v) is 4.72. The first-order valence-corrected chi connectivity index (χ1v) is 12.7. The van der Waals surface area contributed by atoms with Gasteiger partial charge >= 0.3 is 0 Å². The Labute approximate surface area is 218 Å². The van der Waals surface area contributed by atoms with Gasteiger partial charge in [0.05, 0.1) is 6.54 Å². The average Bonchev–Trinajstić information content (AvgIpc) is 3.24. The molecule has 2 heterocycles. The molecule has 1 aromatic heterocycles. The number of aromatic nitrogens is 1. The van der Waals surface area contributed by atoms with Crippen molar-refractivity contribution in [3.8, 4) is 11.8 Å². The lowest BCUT2D eigenvalue weighted by Crippen LogP contribution is -2.42. The standard InChI is InChI=1S/C30H34N4O3/c1-30(2,3)24-8-10-25(11-9-24)37-17-16-34-20-23(26-6-4-5-7-27(26)34)18-22(19-31)29(36)33-14-12-21(13-15-33)28(32)35/h4-11,18,20-21H,12-17H2,1-3H3,(H2,32,35)/b22-18+. The van der Waals surface area contributed by atoms with Gasteiger partial charge in [0.1, 0.15) is 24.0 Å². The van der Waals surface area contributed by atoms with E-state index in [1.54, 1.807) is 11.0 Å². The van der Waals surface area contributed by atoms with E-state index in [4.69, 9.17) is 10.5 Å². The third-order valence-electron chi connectivity index (χ3n) is 6.98. The number of carbonyl (C=O) groups is 2. The lowest BCUT2D eigenvalue weighted by atomic mass is 9.87. The third-order valence-corrected chi connectivity index (χ3v) is 6.98. The van der Waals surface area contributed by atoms with Gasteiger partial charge in [-0.1, -0.05) is 51.1 Å². The number of hydrogen-bond acceptors (Lipinski definition) is 4. The van der Waals surface area contributed by atoms with E-state index in [9.17, 15) is 14.9 Å². The maximum Gasteiger partial charge on any atom is 0.264 e. The minimum absolute atomic E-state index is 0.0793. The zero-order valence-corrected chi connectivity index (χ0v) is 21.7. The molecule has 7 heteroatoms. The molecule has 2 aromatic carbocycles. The van der Waals surface area contributed by atoms with E-state index < -0.39 is 0 Å². The largest absolute Gasteiger partial charge is 0.492 e. The van der Waals surface area contributed by atoms with Crippen LogP contribution < -0.4 is 10.5 Å². The number of nitriles is 1. The fraction of sp³-hybridized carbons (Fsp3) is 0.367. The SMILES string of the molecule is CC(C)(C)c1ccc(OCCn2cc(/C=C(\C#N)C(=O)N3CCC(C(N)=O)CC3)c3ccccc32)cc1. The number of ether oxygens (including phenoxy) is 1. The molecule has 2 amide bonds. The summed E-state index contributed by atoms with van der Waals surface area (Å²) in [5.41, 5.74) is 8.65. The summed E-state index contributed by atoms with van der Waals surface area (Å²) in [6.45, 7) is 8.49. The van der Waals surface area contributed by atoms with Crippen LogP contribution in [0.2, 0.25) is 0 Å². The summed E-state index contributed by atoms with van der Waals surface area (Å²) in [6, 6.07) is 18.2. The van der Waals surface area contributed by atoms with Crippen molar-refractivity contribution in [2.45, 2.75) is 45.6 Å². The zero-order chi connectivity index (χ0) is 26.6. The van der Waals surface area contributed by atoms with Crippen LogP contribution in [0.4, 0.5) is 0 Å². The molecular weight excluding hydrogens is 464 g/mol. The van der Waals surface area contributed by atoms with Crippen molar-refractivity contribution in [3.05, 3.63) is 71.4 Å². The highest BCUT2D eigenvalue weighted by atomic mass is 16.5. The van der Waals surface area contributed by atoms with Gasteiger partial charge in [-0.2, -0.15) is 5.26 Å². The Hall–Kier alpha value is -4.05. The predicted octanol–water partition coefficient (Wildman–Crippen LogP) is 4.65. The molecule has 0 spiro atoms. The van der Waals surface area contributed by atoms with Gasteiger partial charge in [0.25, 0.3) is 5.91 Å². The maximum absolute atomic E-state index is 13.1. The number of benzene rings is 2. The van der Waals surface area contributed by atoms with Crippen LogP contribution >= 0.6 is 0 Å². The predicted molar refractivity (Wildman–Crippen MR) is 145 cm³/mol. The number of rotatable bonds is 7. The van der Waals surface area contributed by atoms with E-state index in [1.165, 1.54) is 5.56 Å². The van der Waals surface area contributed by atoms with Crippen LogP contribution in [0.15, 0.2) is 60.3 Å². The Balaban J connectivity index is 1.48. The first-order chi connectivity index (χ1) is 17.7. The quantitative estimate of drug-likeness (QED) is 0.378. The van der Waals surface area contributed by atoms with E-state index in [-0.39, 0.29) is 28.7 Å². The summed E-state index contributed by atoms with van der Waals surface area (Å²) >= 11 is 0. The molecule has 0 atom stereocenters. The second-order valence-corrected chi connectivity index (χ2v) is 10.6. The van der Waals surface area contributed by atoms with Gasteiger partial charge in [-0.3, -0.25) is 9.59 Å². The molecule has 1 saturated heterocycles. The van der Waals surface area contributed by atoms with Gasteiger partial charge in [-0.15, -0.1) is 0 Å². The molecule has 0 bridgehead atoms. The number of carbonyl (C=O) groups excluding carboxylic acids is 2. The van der Waals surface area contributed by atoms with E-state index in [2.05, 4.69) is 43.5 Å². The number of nitrogens with zero attached hydrogens (tertiary/aromatic N) is 3. The summed E-state index contributed by atoms with van der Waals surface area (Å²) in [4.78, 5) is 26.1. The molecule has 0 aliphatic carbocycles. The normalized spacial score (nSPS) is 15.0. The molecule has 7 nitrogen and oxygen atoms in total. The molecule has 2 N–H and O–H groups in total. The fourth-order valence-electron chi connectivity index (χ4n) is 4.72. The van der Waals surface area contributed by atoms with Crippen LogP contribution in [0, 0.1) is 17.2 Å². The molecule has 0 radical (unpaired) electrons. The van der Waals surface area contributed by atoms with Crippen molar-refractivity contribution >= 4 is 28.8 Å². The molecule has 37 heavy (non-hydrogen) atoms. The summed E-state index contributed by atoms with van der Waals surface area (Å²) in [5.74, 6) is -0.0385. The summed E-state index contributed by atoms with van der Waals surface area (Å²) < 4.78 is 8.08. The van der Waals surface area contributed by atoms with Crippen molar-refractivity contribution in [3.63, 3.8) is 0 Å². The van der Waals surface area contributed by atoms with Gasteiger partial charge in [0, 0.05) is 41.7 Å². The number of nitrogens with two attached hydrogens (primary N) is 1. The molecule has 3 aromatic rings. The van der Waals surface area contributed by atoms with Crippen LogP contribution in [0.5, 0.6) is 5.75 Å². The van der Waals surface area contributed by atoms with E-state index in [0.29, 0.717) is 39.1 Å². The van der Waals surface area contributed by atoms with Crippen molar-refractivity contribution in [1.29, 1.82) is 5.26 Å². The summed E-state index contributed by atoms with van der Waals surface area (Å²) in [6.07, 6.45) is 4.67. The van der Waals surface area contributed by atoms with E-state index in [1.807, 2.05) is 42.6 Å². The Morgan fingerprint density at radius 2 is 1.78 bits per heavy atom. The number of para-hydroxylation sites is 1. The van der Waals surface area contributed by atoms with Crippen molar-refractivity contribution in [1.82, 2.24) is 9.47 Å². The number of primary amides is 1. The monoisotopic (exact) mass is 498 g/mol. The van der Waals surface area contributed by atoms with Crippen LogP contribution in [0.25, 0.3) is 17.0 Å². The number of likely N-dealkylation sites (tertiary alicyclic amines) is 1. The van der Waals surface area contributed by atoms with Gasteiger partial charge in [-0.25, -0.2) is 0 Å². The smallest absolute Gasteiger partial charge is 0.264 e. The highest BCUT2D eigenvalue weighted by Crippen LogP contribution is 2.26. The van der Waals surface area contributed by atoms with Crippen molar-refractivity contribution in [2.24, 2.45) is 11.7 Å². The summed E-state index contributed by atoms with van der Waals surface area (Å²) in [5, 5.41) is 10.7. The summed E-state index contributed by atoms with van der Waals surface area (Å²) in [7, 11) is 0. The van der Waals surface area contributed by atoms with Crippen LogP contribution in [-0.2, 0) is 21.5 Å². The van der Waals surface area contributed by atoms with Gasteiger partial charge < -0.3 is 19.9 Å². The molecule has 0 saturated carbocycles. The first-order valence-electron chi connectivity index (χ1n) is 12.7. The van der Waals surface area contributed by atoms with Crippen molar-refractivity contribution in [2.75, 3.05) is 19.7 Å². The topological polar surface area (TPSA) is 101 Å². The third kappa shape index (κ3) is 6.03. The Kier molecular flexibility index (Phi) is 7.68. The number of amides is 2. The lowest BCUT2D eigenvalue weighted by molar-refractivity contribution is -0.131.